The van der Waals surface area contributed by atoms with Gasteiger partial charge in [-0.05, 0) is 61.0 Å². The van der Waals surface area contributed by atoms with E-state index in [4.69, 9.17) is 28.2 Å². The molecule has 1 heterocycles. The molecule has 4 aromatic rings. The maximum absolute atomic E-state index is 13.3. The monoisotopic (exact) mass is 426 g/mol. The van der Waals surface area contributed by atoms with Gasteiger partial charge in [-0.25, -0.2) is 4.98 Å². The molecule has 0 unspecified atom stereocenters. The van der Waals surface area contributed by atoms with Crippen molar-refractivity contribution in [3.05, 3.63) is 98.5 Å². The lowest BCUT2D eigenvalue weighted by Gasteiger charge is -2.15. The third-order valence-electron chi connectivity index (χ3n) is 4.44. The minimum Gasteiger partial charge on any atom is -0.268 e. The Morgan fingerprint density at radius 3 is 2.43 bits per heavy atom. The van der Waals surface area contributed by atoms with Crippen LogP contribution in [0.15, 0.2) is 76.4 Å². The van der Waals surface area contributed by atoms with Crippen molar-refractivity contribution in [1.29, 1.82) is 0 Å². The van der Waals surface area contributed by atoms with E-state index in [1.165, 1.54) is 0 Å². The zero-order chi connectivity index (χ0) is 19.7. The highest BCUT2D eigenvalue weighted by Crippen LogP contribution is 2.26. The molecule has 0 radical (unpaired) electrons. The van der Waals surface area contributed by atoms with Crippen LogP contribution in [0.1, 0.15) is 11.4 Å². The average molecular weight is 427 g/mol. The Hall–Kier alpha value is -2.27. The first-order valence-electron chi connectivity index (χ1n) is 8.68. The summed E-state index contributed by atoms with van der Waals surface area (Å²) in [5.74, 6) is 1.23. The van der Waals surface area contributed by atoms with E-state index in [0.717, 1.165) is 16.1 Å². The summed E-state index contributed by atoms with van der Waals surface area (Å²) < 4.78 is 1.69. The van der Waals surface area contributed by atoms with Gasteiger partial charge in [0.05, 0.1) is 22.3 Å². The molecule has 1 aromatic heterocycles. The van der Waals surface area contributed by atoms with Crippen molar-refractivity contribution < 1.29 is 0 Å². The summed E-state index contributed by atoms with van der Waals surface area (Å²) >= 11 is 13.7. The van der Waals surface area contributed by atoms with E-state index >= 15 is 0 Å². The fourth-order valence-electron chi connectivity index (χ4n) is 3.04. The van der Waals surface area contributed by atoms with Crippen LogP contribution in [0.3, 0.4) is 0 Å². The first-order chi connectivity index (χ1) is 13.5. The highest BCUT2D eigenvalue weighted by atomic mass is 35.5. The van der Waals surface area contributed by atoms with Crippen LogP contribution in [0.5, 0.6) is 0 Å². The van der Waals surface area contributed by atoms with E-state index in [1.807, 2.05) is 55.5 Å². The second-order valence-electron chi connectivity index (χ2n) is 6.36. The number of aromatic nitrogens is 2. The molecule has 0 atom stereocenters. The van der Waals surface area contributed by atoms with Crippen LogP contribution < -0.4 is 5.56 Å². The molecule has 0 N–H and O–H groups in total. The Morgan fingerprint density at radius 2 is 1.68 bits per heavy atom. The number of para-hydroxylation sites is 1. The number of aryl methyl sites for hydroxylation is 1. The summed E-state index contributed by atoms with van der Waals surface area (Å²) in [7, 11) is 0. The lowest BCUT2D eigenvalue weighted by Crippen LogP contribution is -2.24. The Kier molecular flexibility index (Phi) is 5.44. The molecule has 0 bridgehead atoms. The predicted molar refractivity (Wildman–Crippen MR) is 118 cm³/mol. The molecule has 4 rings (SSSR count). The van der Waals surface area contributed by atoms with E-state index in [1.54, 1.807) is 34.5 Å². The second-order valence-corrected chi connectivity index (χ2v) is 8.28. The molecule has 0 saturated heterocycles. The summed E-state index contributed by atoms with van der Waals surface area (Å²) in [6, 6.07) is 20.7. The lowest BCUT2D eigenvalue weighted by atomic mass is 10.2. The van der Waals surface area contributed by atoms with Crippen molar-refractivity contribution in [2.75, 3.05) is 0 Å². The first-order valence-corrected chi connectivity index (χ1v) is 10.4. The van der Waals surface area contributed by atoms with Gasteiger partial charge in [-0.2, -0.15) is 0 Å². The molecular formula is C22H16Cl2N2OS. The Balaban J connectivity index is 1.87. The van der Waals surface area contributed by atoms with Gasteiger partial charge < -0.3 is 0 Å². The maximum Gasteiger partial charge on any atom is 0.266 e. The molecule has 3 aromatic carbocycles. The van der Waals surface area contributed by atoms with Crippen molar-refractivity contribution in [3.63, 3.8) is 0 Å². The SMILES string of the molecule is Cc1ccccc1-n1c(CSc2ccc(Cl)cc2)nc2ccc(Cl)cc2c1=O. The standard InChI is InChI=1S/C22H16Cl2N2OS/c1-14-4-2-3-5-20(14)26-21(13-28-17-9-6-15(23)7-10-17)25-19-11-8-16(24)12-18(19)22(26)27/h2-12H,13H2,1H3. The van der Waals surface area contributed by atoms with Crippen molar-refractivity contribution in [1.82, 2.24) is 9.55 Å². The molecule has 0 fully saturated rings. The lowest BCUT2D eigenvalue weighted by molar-refractivity contribution is 0.877. The third kappa shape index (κ3) is 3.81. The van der Waals surface area contributed by atoms with Gasteiger partial charge in [0, 0.05) is 14.9 Å². The molecule has 3 nitrogen and oxygen atoms in total. The number of hydrogen-bond acceptors (Lipinski definition) is 3. The van der Waals surface area contributed by atoms with Gasteiger partial charge in [0.1, 0.15) is 5.82 Å². The average Bonchev–Trinajstić information content (AvgIpc) is 2.69. The molecule has 0 amide bonds. The van der Waals surface area contributed by atoms with Crippen LogP contribution in [-0.2, 0) is 5.75 Å². The number of fused-ring (bicyclic) bond motifs is 1. The summed E-state index contributed by atoms with van der Waals surface area (Å²) in [5.41, 5.74) is 2.36. The fourth-order valence-corrected chi connectivity index (χ4v) is 4.16. The number of thioether (sulfide) groups is 1. The number of nitrogens with zero attached hydrogens (tertiary/aromatic N) is 2. The third-order valence-corrected chi connectivity index (χ3v) is 5.93. The summed E-state index contributed by atoms with van der Waals surface area (Å²) in [4.78, 5) is 19.2. The van der Waals surface area contributed by atoms with Crippen molar-refractivity contribution >= 4 is 45.9 Å². The van der Waals surface area contributed by atoms with Crippen LogP contribution >= 0.6 is 35.0 Å². The highest BCUT2D eigenvalue weighted by molar-refractivity contribution is 7.98. The number of benzene rings is 3. The zero-order valence-corrected chi connectivity index (χ0v) is 17.4. The van der Waals surface area contributed by atoms with Crippen molar-refractivity contribution in [3.8, 4) is 5.69 Å². The quantitative estimate of drug-likeness (QED) is 0.359. The second kappa shape index (κ2) is 8.00. The fraction of sp³-hybridized carbons (Fsp3) is 0.0909. The van der Waals surface area contributed by atoms with Gasteiger partial charge >= 0.3 is 0 Å². The number of halogens is 2. The van der Waals surface area contributed by atoms with E-state index in [2.05, 4.69) is 0 Å². The molecule has 28 heavy (non-hydrogen) atoms. The largest absolute Gasteiger partial charge is 0.268 e. The van der Waals surface area contributed by atoms with E-state index in [0.29, 0.717) is 32.5 Å². The normalized spacial score (nSPS) is 11.1. The molecule has 0 aliphatic rings. The predicted octanol–water partition coefficient (Wildman–Crippen LogP) is 6.29. The van der Waals surface area contributed by atoms with Gasteiger partial charge in [-0.15, -0.1) is 11.8 Å². The summed E-state index contributed by atoms with van der Waals surface area (Å²) in [6.45, 7) is 1.99. The first kappa shape index (κ1) is 19.1. The molecule has 0 saturated carbocycles. The van der Waals surface area contributed by atoms with Gasteiger partial charge in [0.25, 0.3) is 5.56 Å². The maximum atomic E-state index is 13.3. The van der Waals surface area contributed by atoms with Crippen LogP contribution in [-0.4, -0.2) is 9.55 Å². The molecule has 6 heteroatoms. The van der Waals surface area contributed by atoms with Gasteiger partial charge in [-0.1, -0.05) is 41.4 Å². The van der Waals surface area contributed by atoms with Crippen molar-refractivity contribution in [2.45, 2.75) is 17.6 Å². The minimum absolute atomic E-state index is 0.117. The number of rotatable bonds is 4. The molecular weight excluding hydrogens is 411 g/mol. The smallest absolute Gasteiger partial charge is 0.266 e. The van der Waals surface area contributed by atoms with Crippen LogP contribution in [0, 0.1) is 6.92 Å². The Labute approximate surface area is 176 Å². The Bertz CT molecular complexity index is 1220. The molecule has 0 spiro atoms. The van der Waals surface area contributed by atoms with Crippen molar-refractivity contribution in [2.24, 2.45) is 0 Å². The topological polar surface area (TPSA) is 34.9 Å². The summed E-state index contributed by atoms with van der Waals surface area (Å²) in [6.07, 6.45) is 0. The van der Waals surface area contributed by atoms with E-state index < -0.39 is 0 Å². The Morgan fingerprint density at radius 1 is 0.964 bits per heavy atom. The highest BCUT2D eigenvalue weighted by Gasteiger charge is 2.15. The van der Waals surface area contributed by atoms with E-state index in [9.17, 15) is 4.79 Å². The van der Waals surface area contributed by atoms with Crippen LogP contribution in [0.4, 0.5) is 0 Å². The van der Waals surface area contributed by atoms with Crippen LogP contribution in [0.25, 0.3) is 16.6 Å². The van der Waals surface area contributed by atoms with Gasteiger partial charge in [-0.3, -0.25) is 9.36 Å². The molecule has 140 valence electrons. The number of hydrogen-bond donors (Lipinski definition) is 0. The van der Waals surface area contributed by atoms with Gasteiger partial charge in [0.15, 0.2) is 0 Å². The van der Waals surface area contributed by atoms with Gasteiger partial charge in [0.2, 0.25) is 0 Å². The van der Waals surface area contributed by atoms with E-state index in [-0.39, 0.29) is 5.56 Å². The molecule has 0 aliphatic heterocycles. The minimum atomic E-state index is -0.117. The van der Waals surface area contributed by atoms with Crippen LogP contribution in [0.2, 0.25) is 10.0 Å². The molecule has 0 aliphatic carbocycles. The zero-order valence-electron chi connectivity index (χ0n) is 15.0. The summed E-state index contributed by atoms with van der Waals surface area (Å²) in [5, 5.41) is 1.73.